The zero-order valence-electron chi connectivity index (χ0n) is 5.81. The lowest BCUT2D eigenvalue weighted by Crippen LogP contribution is -1.69. The minimum absolute atomic E-state index is 1.02. The maximum Gasteiger partial charge on any atom is 0.0326 e. The zero-order chi connectivity index (χ0) is 6.41. The third-order valence-electron chi connectivity index (χ3n) is 0.895. The van der Waals surface area contributed by atoms with Crippen LogP contribution in [0.1, 0.15) is 27.2 Å². The van der Waals surface area contributed by atoms with Crippen LogP contribution in [0, 0.1) is 0 Å². The van der Waals surface area contributed by atoms with Gasteiger partial charge in [0.25, 0.3) is 0 Å². The van der Waals surface area contributed by atoms with Gasteiger partial charge in [0.2, 0.25) is 0 Å². The molecule has 0 unspecified atom stereocenters. The Labute approximate surface area is 51.1 Å². The highest BCUT2D eigenvalue weighted by atomic mass is 14.7. The molecule has 8 heavy (non-hydrogen) atoms. The van der Waals surface area contributed by atoms with Crippen molar-refractivity contribution in [1.82, 2.24) is 0 Å². The van der Waals surface area contributed by atoms with E-state index in [0.717, 1.165) is 12.1 Å². The van der Waals surface area contributed by atoms with Gasteiger partial charge in [-0.3, -0.25) is 4.99 Å². The third kappa shape index (κ3) is 3.59. The molecular weight excluding hydrogens is 98.1 g/mol. The maximum atomic E-state index is 4.10. The van der Waals surface area contributed by atoms with E-state index in [1.54, 1.807) is 0 Å². The van der Waals surface area contributed by atoms with Crippen LogP contribution in [0.5, 0.6) is 0 Å². The van der Waals surface area contributed by atoms with Crippen molar-refractivity contribution in [3.8, 4) is 0 Å². The smallest absolute Gasteiger partial charge is 0.0326 e. The highest BCUT2D eigenvalue weighted by Crippen LogP contribution is 1.90. The van der Waals surface area contributed by atoms with E-state index in [2.05, 4.69) is 11.9 Å². The average molecular weight is 111 g/mol. The molecule has 0 spiro atoms. The van der Waals surface area contributed by atoms with Crippen LogP contribution in [-0.4, -0.2) is 6.21 Å². The molecule has 0 aromatic carbocycles. The molecule has 0 rings (SSSR count). The molecule has 0 saturated carbocycles. The average Bonchev–Trinajstić information content (AvgIpc) is 1.83. The monoisotopic (exact) mass is 111 g/mol. The molecule has 0 aromatic rings. The van der Waals surface area contributed by atoms with E-state index in [1.165, 1.54) is 0 Å². The van der Waals surface area contributed by atoms with Crippen LogP contribution >= 0.6 is 0 Å². The van der Waals surface area contributed by atoms with Crippen LogP contribution in [0.15, 0.2) is 16.8 Å². The lowest BCUT2D eigenvalue weighted by Gasteiger charge is -1.84. The Kier molecular flexibility index (Phi) is 4.23. The summed E-state index contributed by atoms with van der Waals surface area (Å²) in [6.07, 6.45) is 4.92. The molecule has 0 bridgehead atoms. The Morgan fingerprint density at radius 3 is 2.62 bits per heavy atom. The van der Waals surface area contributed by atoms with Crippen LogP contribution in [0.4, 0.5) is 0 Å². The molecule has 0 fully saturated rings. The Morgan fingerprint density at radius 2 is 2.25 bits per heavy atom. The van der Waals surface area contributed by atoms with Gasteiger partial charge in [-0.1, -0.05) is 13.0 Å². The number of aliphatic imine (C=N–C) groups is 1. The number of hydrogen-bond donors (Lipinski definition) is 0. The fourth-order valence-corrected chi connectivity index (χ4v) is 0.310. The van der Waals surface area contributed by atoms with Crippen molar-refractivity contribution < 1.29 is 0 Å². The van der Waals surface area contributed by atoms with Crippen molar-refractivity contribution in [3.63, 3.8) is 0 Å². The van der Waals surface area contributed by atoms with Crippen molar-refractivity contribution in [3.05, 3.63) is 11.8 Å². The van der Waals surface area contributed by atoms with Crippen molar-refractivity contribution in [2.45, 2.75) is 27.2 Å². The molecule has 0 aliphatic rings. The van der Waals surface area contributed by atoms with Gasteiger partial charge in [-0.2, -0.15) is 0 Å². The van der Waals surface area contributed by atoms with Gasteiger partial charge in [-0.15, -0.1) is 0 Å². The minimum Gasteiger partial charge on any atom is -0.266 e. The van der Waals surface area contributed by atoms with Gasteiger partial charge >= 0.3 is 0 Å². The number of nitrogens with zero attached hydrogens (tertiary/aromatic N) is 1. The van der Waals surface area contributed by atoms with Gasteiger partial charge in [0.1, 0.15) is 0 Å². The largest absolute Gasteiger partial charge is 0.266 e. The molecule has 46 valence electrons. The van der Waals surface area contributed by atoms with Gasteiger partial charge in [0, 0.05) is 11.9 Å². The lowest BCUT2D eigenvalue weighted by molar-refractivity contribution is 1.24. The highest BCUT2D eigenvalue weighted by Gasteiger charge is 1.73. The van der Waals surface area contributed by atoms with E-state index in [-0.39, 0.29) is 0 Å². The summed E-state index contributed by atoms with van der Waals surface area (Å²) in [7, 11) is 0. The quantitative estimate of drug-likeness (QED) is 0.485. The fraction of sp³-hybridized carbons (Fsp3) is 0.571. The van der Waals surface area contributed by atoms with Crippen LogP contribution in [0.25, 0.3) is 0 Å². The van der Waals surface area contributed by atoms with E-state index >= 15 is 0 Å². The minimum atomic E-state index is 1.02. The maximum absolute atomic E-state index is 4.10. The van der Waals surface area contributed by atoms with Crippen LogP contribution in [0.3, 0.4) is 0 Å². The standard InChI is InChI=1S/C7H13N/c1-4-6-8-7(3)5-2/h5-6H,4H2,1-3H3. The second kappa shape index (κ2) is 4.57. The lowest BCUT2D eigenvalue weighted by atomic mass is 10.4. The summed E-state index contributed by atoms with van der Waals surface area (Å²) in [6.45, 7) is 6.06. The summed E-state index contributed by atoms with van der Waals surface area (Å²) < 4.78 is 0. The highest BCUT2D eigenvalue weighted by molar-refractivity contribution is 5.58. The first-order valence-electron chi connectivity index (χ1n) is 2.96. The topological polar surface area (TPSA) is 12.4 Å². The molecule has 0 radical (unpaired) electrons. The van der Waals surface area contributed by atoms with Crippen LogP contribution in [-0.2, 0) is 0 Å². The van der Waals surface area contributed by atoms with E-state index in [0.29, 0.717) is 0 Å². The Bertz CT molecular complexity index is 101. The Hall–Kier alpha value is -0.590. The van der Waals surface area contributed by atoms with Gasteiger partial charge in [-0.25, -0.2) is 0 Å². The number of rotatable bonds is 2. The Balaban J connectivity index is 3.53. The first-order chi connectivity index (χ1) is 3.81. The summed E-state index contributed by atoms with van der Waals surface area (Å²) in [4.78, 5) is 4.10. The normalized spacial score (nSPS) is 13.1. The van der Waals surface area contributed by atoms with E-state index in [9.17, 15) is 0 Å². The summed E-state index contributed by atoms with van der Waals surface area (Å²) in [5, 5.41) is 0. The molecule has 0 amide bonds. The predicted octanol–water partition coefficient (Wildman–Crippen LogP) is 2.39. The molecule has 0 aliphatic heterocycles. The fourth-order valence-electron chi connectivity index (χ4n) is 0.310. The van der Waals surface area contributed by atoms with Crippen molar-refractivity contribution >= 4 is 6.21 Å². The second-order valence-corrected chi connectivity index (χ2v) is 1.65. The summed E-state index contributed by atoms with van der Waals surface area (Å²) in [6, 6.07) is 0. The van der Waals surface area contributed by atoms with Crippen molar-refractivity contribution in [2.75, 3.05) is 0 Å². The van der Waals surface area contributed by atoms with Gasteiger partial charge in [0.15, 0.2) is 0 Å². The molecule has 0 aliphatic carbocycles. The molecule has 0 N–H and O–H groups in total. The summed E-state index contributed by atoms with van der Waals surface area (Å²) >= 11 is 0. The SMILES string of the molecule is CC=C(C)N=CCC. The third-order valence-corrected chi connectivity index (χ3v) is 0.895. The van der Waals surface area contributed by atoms with Crippen molar-refractivity contribution in [2.24, 2.45) is 4.99 Å². The van der Waals surface area contributed by atoms with Crippen molar-refractivity contribution in [1.29, 1.82) is 0 Å². The summed E-state index contributed by atoms with van der Waals surface area (Å²) in [5.74, 6) is 0. The molecule has 1 heteroatoms. The molecule has 0 saturated heterocycles. The number of hydrogen-bond acceptors (Lipinski definition) is 1. The van der Waals surface area contributed by atoms with Crippen LogP contribution in [0.2, 0.25) is 0 Å². The van der Waals surface area contributed by atoms with Gasteiger partial charge in [-0.05, 0) is 20.3 Å². The van der Waals surface area contributed by atoms with Crippen LogP contribution < -0.4 is 0 Å². The Morgan fingerprint density at radius 1 is 1.62 bits per heavy atom. The molecular formula is C7H13N. The van der Waals surface area contributed by atoms with E-state index in [4.69, 9.17) is 0 Å². The first-order valence-corrected chi connectivity index (χ1v) is 2.96. The number of allylic oxidation sites excluding steroid dienone is 2. The molecule has 0 atom stereocenters. The first kappa shape index (κ1) is 7.41. The molecule has 0 aromatic heterocycles. The summed E-state index contributed by atoms with van der Waals surface area (Å²) in [5.41, 5.74) is 1.09. The van der Waals surface area contributed by atoms with E-state index < -0.39 is 0 Å². The van der Waals surface area contributed by atoms with E-state index in [1.807, 2.05) is 26.1 Å². The van der Waals surface area contributed by atoms with Gasteiger partial charge < -0.3 is 0 Å². The molecule has 0 heterocycles. The second-order valence-electron chi connectivity index (χ2n) is 1.65. The molecule has 1 nitrogen and oxygen atoms in total. The predicted molar refractivity (Wildman–Crippen MR) is 38.2 cm³/mol. The zero-order valence-corrected chi connectivity index (χ0v) is 5.81. The van der Waals surface area contributed by atoms with Gasteiger partial charge in [0.05, 0.1) is 0 Å².